The van der Waals surface area contributed by atoms with Crippen molar-refractivity contribution in [3.63, 3.8) is 0 Å². The molecule has 1 saturated heterocycles. The van der Waals surface area contributed by atoms with Gasteiger partial charge in [-0.05, 0) is 45.2 Å². The average molecular weight is 170 g/mol. The predicted octanol–water partition coefficient (Wildman–Crippen LogP) is 1.57. The molecular formula is C10H20NO. The number of ether oxygens (including phenoxy) is 1. The number of nitrogens with zero attached hydrogens (tertiary/aromatic N) is 1. The molecule has 1 heterocycles. The summed E-state index contributed by atoms with van der Waals surface area (Å²) in [7, 11) is 1.75. The van der Waals surface area contributed by atoms with Crippen molar-refractivity contribution in [2.45, 2.75) is 19.3 Å². The Morgan fingerprint density at radius 1 is 1.42 bits per heavy atom. The summed E-state index contributed by atoms with van der Waals surface area (Å²) in [5.74, 6) is 0.544. The molecule has 1 aliphatic rings. The van der Waals surface area contributed by atoms with Crippen LogP contribution < -0.4 is 0 Å². The molecule has 1 fully saturated rings. The third kappa shape index (κ3) is 3.55. The number of hydrogen-bond donors (Lipinski definition) is 0. The lowest BCUT2D eigenvalue weighted by Crippen LogP contribution is -2.25. The van der Waals surface area contributed by atoms with Crippen LogP contribution in [0.1, 0.15) is 19.3 Å². The third-order valence-corrected chi connectivity index (χ3v) is 2.45. The Morgan fingerprint density at radius 2 is 2.08 bits per heavy atom. The van der Waals surface area contributed by atoms with Crippen molar-refractivity contribution in [2.24, 2.45) is 5.92 Å². The van der Waals surface area contributed by atoms with Gasteiger partial charge in [0.2, 0.25) is 0 Å². The topological polar surface area (TPSA) is 12.5 Å². The molecule has 1 atom stereocenters. The molecule has 1 aliphatic heterocycles. The largest absolute Gasteiger partial charge is 0.385 e. The van der Waals surface area contributed by atoms with E-state index >= 15 is 0 Å². The van der Waals surface area contributed by atoms with E-state index in [1.165, 1.54) is 25.9 Å². The minimum absolute atomic E-state index is 0.544. The fraction of sp³-hybridized carbons (Fsp3) is 0.900. The first-order chi connectivity index (χ1) is 5.83. The lowest BCUT2D eigenvalue weighted by molar-refractivity contribution is 0.173. The van der Waals surface area contributed by atoms with Gasteiger partial charge in [-0.1, -0.05) is 0 Å². The molecule has 1 rings (SSSR count). The smallest absolute Gasteiger partial charge is 0.0465 e. The third-order valence-electron chi connectivity index (χ3n) is 2.45. The van der Waals surface area contributed by atoms with Crippen molar-refractivity contribution in [1.29, 1.82) is 0 Å². The van der Waals surface area contributed by atoms with Crippen LogP contribution in [0.3, 0.4) is 0 Å². The molecule has 2 nitrogen and oxygen atoms in total. The zero-order chi connectivity index (χ0) is 8.81. The number of rotatable bonds is 5. The van der Waals surface area contributed by atoms with Gasteiger partial charge < -0.3 is 9.64 Å². The van der Waals surface area contributed by atoms with E-state index < -0.39 is 0 Å². The molecule has 71 valence electrons. The fourth-order valence-electron chi connectivity index (χ4n) is 1.71. The lowest BCUT2D eigenvalue weighted by atomic mass is 10.1. The lowest BCUT2D eigenvalue weighted by Gasteiger charge is -2.19. The molecule has 0 spiro atoms. The van der Waals surface area contributed by atoms with E-state index in [2.05, 4.69) is 11.8 Å². The first kappa shape index (κ1) is 10.0. The normalized spacial score (nSPS) is 21.5. The molecule has 0 aliphatic carbocycles. The average Bonchev–Trinajstić information content (AvgIpc) is 2.53. The van der Waals surface area contributed by atoms with E-state index in [0.29, 0.717) is 5.92 Å². The van der Waals surface area contributed by atoms with Gasteiger partial charge in [-0.2, -0.15) is 0 Å². The van der Waals surface area contributed by atoms with Gasteiger partial charge in [-0.15, -0.1) is 0 Å². The Labute approximate surface area is 75.9 Å². The van der Waals surface area contributed by atoms with Crippen LogP contribution in [0.2, 0.25) is 0 Å². The van der Waals surface area contributed by atoms with Crippen molar-refractivity contribution < 1.29 is 4.74 Å². The Kier molecular flexibility index (Phi) is 4.62. The Hall–Kier alpha value is -0.0800. The molecule has 0 amide bonds. The minimum Gasteiger partial charge on any atom is -0.385 e. The van der Waals surface area contributed by atoms with Crippen LogP contribution in [0.4, 0.5) is 0 Å². The molecule has 0 aromatic heterocycles. The monoisotopic (exact) mass is 170 g/mol. The highest BCUT2D eigenvalue weighted by atomic mass is 16.5. The molecule has 1 radical (unpaired) electrons. The van der Waals surface area contributed by atoms with Crippen molar-refractivity contribution in [2.75, 3.05) is 33.4 Å². The van der Waals surface area contributed by atoms with Crippen LogP contribution in [0.25, 0.3) is 0 Å². The zero-order valence-corrected chi connectivity index (χ0v) is 8.09. The van der Waals surface area contributed by atoms with Crippen molar-refractivity contribution in [3.05, 3.63) is 6.92 Å². The molecule has 12 heavy (non-hydrogen) atoms. The highest BCUT2D eigenvalue weighted by Gasteiger charge is 2.13. The van der Waals surface area contributed by atoms with Gasteiger partial charge in [0.25, 0.3) is 0 Å². The van der Waals surface area contributed by atoms with Crippen LogP contribution in [0, 0.1) is 12.8 Å². The first-order valence-electron chi connectivity index (χ1n) is 4.87. The van der Waals surface area contributed by atoms with E-state index in [1.807, 2.05) is 0 Å². The summed E-state index contributed by atoms with van der Waals surface area (Å²) in [6, 6.07) is 0. The van der Waals surface area contributed by atoms with E-state index in [-0.39, 0.29) is 0 Å². The Morgan fingerprint density at radius 3 is 2.67 bits per heavy atom. The standard InChI is InChI=1S/C10H20NO/c1-10(5-8-12-2)9-11-6-3-4-7-11/h10H,1,3-9H2,2H3. The van der Waals surface area contributed by atoms with E-state index in [1.54, 1.807) is 7.11 Å². The summed E-state index contributed by atoms with van der Waals surface area (Å²) < 4.78 is 5.02. The van der Waals surface area contributed by atoms with Crippen LogP contribution in [-0.4, -0.2) is 38.3 Å². The fourth-order valence-corrected chi connectivity index (χ4v) is 1.71. The summed E-state index contributed by atoms with van der Waals surface area (Å²) >= 11 is 0. The van der Waals surface area contributed by atoms with E-state index in [9.17, 15) is 0 Å². The van der Waals surface area contributed by atoms with Gasteiger partial charge in [0, 0.05) is 20.3 Å². The molecule has 0 aromatic rings. The molecule has 0 N–H and O–H groups in total. The van der Waals surface area contributed by atoms with Gasteiger partial charge in [0.05, 0.1) is 0 Å². The Bertz CT molecular complexity index is 110. The predicted molar refractivity (Wildman–Crippen MR) is 51.0 cm³/mol. The van der Waals surface area contributed by atoms with Gasteiger partial charge in [-0.25, -0.2) is 0 Å². The molecular weight excluding hydrogens is 150 g/mol. The number of likely N-dealkylation sites (tertiary alicyclic amines) is 1. The van der Waals surface area contributed by atoms with Crippen molar-refractivity contribution in [3.8, 4) is 0 Å². The summed E-state index contributed by atoms with van der Waals surface area (Å²) in [4.78, 5) is 2.51. The van der Waals surface area contributed by atoms with Gasteiger partial charge >= 0.3 is 0 Å². The molecule has 1 unspecified atom stereocenters. The van der Waals surface area contributed by atoms with E-state index in [4.69, 9.17) is 4.74 Å². The molecule has 0 aromatic carbocycles. The van der Waals surface area contributed by atoms with Crippen molar-refractivity contribution in [1.82, 2.24) is 4.90 Å². The quantitative estimate of drug-likeness (QED) is 0.621. The van der Waals surface area contributed by atoms with Gasteiger partial charge in [0.15, 0.2) is 0 Å². The maximum atomic E-state index is 5.02. The second-order valence-corrected chi connectivity index (χ2v) is 3.66. The minimum atomic E-state index is 0.544. The Balaban J connectivity index is 2.03. The molecule has 0 saturated carbocycles. The summed E-state index contributed by atoms with van der Waals surface area (Å²) in [6.07, 6.45) is 3.83. The van der Waals surface area contributed by atoms with Gasteiger partial charge in [0.1, 0.15) is 0 Å². The summed E-state index contributed by atoms with van der Waals surface area (Å²) in [5, 5.41) is 0. The maximum Gasteiger partial charge on any atom is 0.0465 e. The van der Waals surface area contributed by atoms with Crippen LogP contribution >= 0.6 is 0 Å². The maximum absolute atomic E-state index is 5.02. The van der Waals surface area contributed by atoms with Crippen LogP contribution in [0.5, 0.6) is 0 Å². The number of hydrogen-bond acceptors (Lipinski definition) is 2. The highest BCUT2D eigenvalue weighted by Crippen LogP contribution is 2.11. The van der Waals surface area contributed by atoms with Crippen molar-refractivity contribution >= 4 is 0 Å². The van der Waals surface area contributed by atoms with Crippen LogP contribution in [-0.2, 0) is 4.74 Å². The molecule has 2 heteroatoms. The highest BCUT2D eigenvalue weighted by molar-refractivity contribution is 4.71. The number of methoxy groups -OCH3 is 1. The van der Waals surface area contributed by atoms with Gasteiger partial charge in [-0.3, -0.25) is 0 Å². The van der Waals surface area contributed by atoms with Crippen LogP contribution in [0.15, 0.2) is 0 Å². The second-order valence-electron chi connectivity index (χ2n) is 3.66. The zero-order valence-electron chi connectivity index (χ0n) is 8.09. The first-order valence-corrected chi connectivity index (χ1v) is 4.87. The SMILES string of the molecule is [CH2]C(CCOC)CN1CCCC1. The molecule has 0 bridgehead atoms. The summed E-state index contributed by atoms with van der Waals surface area (Å²) in [6.45, 7) is 8.68. The van der Waals surface area contributed by atoms with E-state index in [0.717, 1.165) is 19.6 Å². The summed E-state index contributed by atoms with van der Waals surface area (Å²) in [5.41, 5.74) is 0. The second kappa shape index (κ2) is 5.55.